The van der Waals surface area contributed by atoms with Gasteiger partial charge < -0.3 is 9.47 Å². The molecular formula is C32H39ClN2O3S. The molecular weight excluding hydrogens is 528 g/mol. The highest BCUT2D eigenvalue weighted by atomic mass is 35.5. The summed E-state index contributed by atoms with van der Waals surface area (Å²) in [6.45, 7) is 4.88. The number of nitrogens with zero attached hydrogens (tertiary/aromatic N) is 2. The molecule has 7 heteroatoms. The summed E-state index contributed by atoms with van der Waals surface area (Å²) in [4.78, 5) is 21.6. The lowest BCUT2D eigenvalue weighted by Crippen LogP contribution is -2.41. The number of carbonyl (C=O) groups excluding carboxylic acids is 1. The van der Waals surface area contributed by atoms with E-state index in [2.05, 4.69) is 19.1 Å². The van der Waals surface area contributed by atoms with E-state index in [0.29, 0.717) is 40.7 Å². The topological polar surface area (TPSA) is 51.1 Å². The van der Waals surface area contributed by atoms with E-state index in [1.165, 1.54) is 55.9 Å². The van der Waals surface area contributed by atoms with Crippen molar-refractivity contribution in [1.29, 1.82) is 0 Å². The number of amides is 1. The molecule has 2 aliphatic carbocycles. The van der Waals surface area contributed by atoms with Gasteiger partial charge in [-0.15, -0.1) is 0 Å². The van der Waals surface area contributed by atoms with Crippen molar-refractivity contribution in [3.05, 3.63) is 63.0 Å². The van der Waals surface area contributed by atoms with Crippen molar-refractivity contribution < 1.29 is 14.3 Å². The van der Waals surface area contributed by atoms with Crippen LogP contribution in [0.1, 0.15) is 87.8 Å². The van der Waals surface area contributed by atoms with Gasteiger partial charge in [0.25, 0.3) is 5.91 Å². The third kappa shape index (κ3) is 7.01. The molecule has 1 saturated heterocycles. The van der Waals surface area contributed by atoms with Crippen molar-refractivity contribution >= 4 is 40.5 Å². The molecule has 5 rings (SSSR count). The van der Waals surface area contributed by atoms with Crippen LogP contribution in [-0.4, -0.2) is 34.7 Å². The number of hydrogen-bond acceptors (Lipinski definition) is 5. The van der Waals surface area contributed by atoms with Gasteiger partial charge in [-0.1, -0.05) is 80.0 Å². The van der Waals surface area contributed by atoms with Crippen LogP contribution in [0, 0.1) is 6.92 Å². The summed E-state index contributed by atoms with van der Waals surface area (Å²) in [7, 11) is 0. The van der Waals surface area contributed by atoms with Crippen LogP contribution in [-0.2, 0) is 11.4 Å². The van der Waals surface area contributed by atoms with E-state index < -0.39 is 0 Å². The Morgan fingerprint density at radius 1 is 1.03 bits per heavy atom. The second-order valence-electron chi connectivity index (χ2n) is 10.8. The quantitative estimate of drug-likeness (QED) is 0.300. The number of aliphatic imine (C=N–C) groups is 1. The van der Waals surface area contributed by atoms with E-state index in [1.54, 1.807) is 0 Å². The lowest BCUT2D eigenvalue weighted by molar-refractivity contribution is -0.124. The molecule has 1 amide bonds. The van der Waals surface area contributed by atoms with Crippen LogP contribution in [0.15, 0.2) is 46.3 Å². The second kappa shape index (κ2) is 13.3. The van der Waals surface area contributed by atoms with Gasteiger partial charge in [-0.3, -0.25) is 14.7 Å². The monoisotopic (exact) mass is 566 g/mol. The van der Waals surface area contributed by atoms with Crippen LogP contribution in [0.4, 0.5) is 0 Å². The highest BCUT2D eigenvalue weighted by Gasteiger charge is 2.39. The summed E-state index contributed by atoms with van der Waals surface area (Å²) < 4.78 is 12.1. The van der Waals surface area contributed by atoms with Gasteiger partial charge in [0, 0.05) is 6.04 Å². The summed E-state index contributed by atoms with van der Waals surface area (Å²) >= 11 is 8.26. The van der Waals surface area contributed by atoms with Crippen LogP contribution in [0.25, 0.3) is 6.08 Å². The summed E-state index contributed by atoms with van der Waals surface area (Å²) in [6, 6.07) is 12.6. The molecule has 0 N–H and O–H groups in total. The molecule has 1 aliphatic heterocycles. The van der Waals surface area contributed by atoms with Gasteiger partial charge in [0.15, 0.2) is 16.7 Å². The van der Waals surface area contributed by atoms with E-state index in [1.807, 2.05) is 42.2 Å². The molecule has 1 heterocycles. The molecule has 0 radical (unpaired) electrons. The molecule has 5 nitrogen and oxygen atoms in total. The molecule has 0 bridgehead atoms. The van der Waals surface area contributed by atoms with Gasteiger partial charge in [0.05, 0.1) is 22.6 Å². The Bertz CT molecular complexity index is 1230. The van der Waals surface area contributed by atoms with E-state index in [0.717, 1.165) is 42.0 Å². The molecule has 3 fully saturated rings. The number of amidine groups is 1. The number of rotatable bonds is 8. The van der Waals surface area contributed by atoms with Crippen LogP contribution in [0.5, 0.6) is 11.5 Å². The highest BCUT2D eigenvalue weighted by molar-refractivity contribution is 8.18. The summed E-state index contributed by atoms with van der Waals surface area (Å²) in [6.07, 6.45) is 13.6. The summed E-state index contributed by atoms with van der Waals surface area (Å²) in [5.41, 5.74) is 3.08. The van der Waals surface area contributed by atoms with Crippen molar-refractivity contribution in [1.82, 2.24) is 4.90 Å². The first-order valence-electron chi connectivity index (χ1n) is 14.5. The Morgan fingerprint density at radius 2 is 1.77 bits per heavy atom. The summed E-state index contributed by atoms with van der Waals surface area (Å²) in [5, 5.41) is 1.36. The number of hydrogen-bond donors (Lipinski definition) is 0. The molecule has 2 saturated carbocycles. The van der Waals surface area contributed by atoms with Crippen LogP contribution < -0.4 is 9.47 Å². The van der Waals surface area contributed by atoms with E-state index in [4.69, 9.17) is 26.1 Å². The first-order chi connectivity index (χ1) is 19.0. The molecule has 0 atom stereocenters. The minimum atomic E-state index is 0.0651. The number of aryl methyl sites for hydroxylation is 1. The number of thioether (sulfide) groups is 1. The summed E-state index contributed by atoms with van der Waals surface area (Å²) in [5.74, 6) is 1.17. The molecule has 39 heavy (non-hydrogen) atoms. The lowest BCUT2D eigenvalue weighted by atomic mass is 9.94. The van der Waals surface area contributed by atoms with Crippen LogP contribution >= 0.6 is 23.4 Å². The Hall–Kier alpha value is -2.44. The minimum absolute atomic E-state index is 0.0651. The maximum atomic E-state index is 13.8. The van der Waals surface area contributed by atoms with Gasteiger partial charge in [-0.2, -0.15) is 0 Å². The van der Waals surface area contributed by atoms with Crippen molar-refractivity contribution in [3.63, 3.8) is 0 Å². The fourth-order valence-electron chi connectivity index (χ4n) is 5.79. The zero-order chi connectivity index (χ0) is 27.2. The van der Waals surface area contributed by atoms with Crippen molar-refractivity contribution in [3.8, 4) is 11.5 Å². The maximum absolute atomic E-state index is 13.8. The number of benzene rings is 2. The largest absolute Gasteiger partial charge is 0.490 e. The van der Waals surface area contributed by atoms with Gasteiger partial charge in [-0.25, -0.2) is 0 Å². The number of halogens is 1. The minimum Gasteiger partial charge on any atom is -0.490 e. The number of ether oxygens (including phenoxy) is 2. The first kappa shape index (κ1) is 28.1. The van der Waals surface area contributed by atoms with Crippen molar-refractivity contribution in [2.24, 2.45) is 4.99 Å². The van der Waals surface area contributed by atoms with Crippen LogP contribution in [0.3, 0.4) is 0 Å². The predicted octanol–water partition coefficient (Wildman–Crippen LogP) is 8.56. The third-order valence-corrected chi connectivity index (χ3v) is 9.02. The SMILES string of the molecule is CCOc1cc(C=C2SC(=NC3CCCCC3)N(C3CCCCC3)C2=O)cc(Cl)c1OCc1cccc(C)c1. The molecule has 3 aliphatic rings. The fourth-order valence-corrected chi connectivity index (χ4v) is 7.17. The standard InChI is InChI=1S/C32H39ClN2O3S/c1-3-37-28-19-24(18-27(33)30(28)38-21-23-12-10-11-22(2)17-23)20-29-31(36)35(26-15-8-5-9-16-26)32(39-29)34-25-13-6-4-7-14-25/h10-12,17-20,25-26H,3-9,13-16,21H2,1-2H3. The average molecular weight is 567 g/mol. The Morgan fingerprint density at radius 3 is 2.49 bits per heavy atom. The molecule has 0 unspecified atom stereocenters. The van der Waals surface area contributed by atoms with Crippen molar-refractivity contribution in [2.75, 3.05) is 6.61 Å². The van der Waals surface area contributed by atoms with E-state index in [9.17, 15) is 4.79 Å². The normalized spacial score (nSPS) is 21.2. The van der Waals surface area contributed by atoms with Gasteiger partial charge in [0.1, 0.15) is 6.61 Å². The third-order valence-electron chi connectivity index (χ3n) is 7.74. The zero-order valence-electron chi connectivity index (χ0n) is 23.1. The molecule has 2 aromatic rings. The second-order valence-corrected chi connectivity index (χ2v) is 12.2. The highest BCUT2D eigenvalue weighted by Crippen LogP contribution is 2.41. The fraction of sp³-hybridized carbons (Fsp3) is 0.500. The molecule has 0 aromatic heterocycles. The Kier molecular flexibility index (Phi) is 9.57. The Labute approximate surface area is 242 Å². The molecule has 2 aromatic carbocycles. The van der Waals surface area contributed by atoms with Crippen LogP contribution in [0.2, 0.25) is 5.02 Å². The predicted molar refractivity (Wildman–Crippen MR) is 162 cm³/mol. The lowest BCUT2D eigenvalue weighted by Gasteiger charge is -2.31. The maximum Gasteiger partial charge on any atom is 0.266 e. The molecule has 0 spiro atoms. The van der Waals surface area contributed by atoms with E-state index >= 15 is 0 Å². The molecule has 208 valence electrons. The zero-order valence-corrected chi connectivity index (χ0v) is 24.7. The Balaban J connectivity index is 1.41. The van der Waals surface area contributed by atoms with E-state index in [-0.39, 0.29) is 11.9 Å². The van der Waals surface area contributed by atoms with Gasteiger partial charge >= 0.3 is 0 Å². The average Bonchev–Trinajstić information content (AvgIpc) is 3.23. The van der Waals surface area contributed by atoms with Gasteiger partial charge in [-0.05, 0) is 80.6 Å². The number of carbonyl (C=O) groups is 1. The first-order valence-corrected chi connectivity index (χ1v) is 15.7. The van der Waals surface area contributed by atoms with Gasteiger partial charge in [0.2, 0.25) is 0 Å². The van der Waals surface area contributed by atoms with Crippen molar-refractivity contribution in [2.45, 2.75) is 96.7 Å². The smallest absolute Gasteiger partial charge is 0.266 e.